The second-order valence-corrected chi connectivity index (χ2v) is 7.11. The summed E-state index contributed by atoms with van der Waals surface area (Å²) >= 11 is 0. The molecule has 0 spiro atoms. The van der Waals surface area contributed by atoms with Crippen molar-refractivity contribution in [1.82, 2.24) is 0 Å². The van der Waals surface area contributed by atoms with Gasteiger partial charge in [-0.15, -0.1) is 13.2 Å². The molecule has 0 bridgehead atoms. The van der Waals surface area contributed by atoms with Gasteiger partial charge in [-0.25, -0.2) is 4.79 Å². The molecule has 0 amide bonds. The van der Waals surface area contributed by atoms with Gasteiger partial charge in [-0.3, -0.25) is 0 Å². The van der Waals surface area contributed by atoms with E-state index in [2.05, 4.69) is 4.74 Å². The third-order valence-electron chi connectivity index (χ3n) is 5.09. The van der Waals surface area contributed by atoms with Crippen LogP contribution in [0.25, 0.3) is 0 Å². The predicted octanol–water partition coefficient (Wildman–Crippen LogP) is 6.30. The molecule has 7 heteroatoms. The fraction of sp³-hybridized carbons (Fsp3) is 0.409. The average Bonchev–Trinajstić information content (AvgIpc) is 2.70. The number of rotatable bonds is 6. The van der Waals surface area contributed by atoms with Crippen molar-refractivity contribution < 1.29 is 32.2 Å². The van der Waals surface area contributed by atoms with Crippen LogP contribution < -0.4 is 14.2 Å². The second kappa shape index (κ2) is 8.76. The number of carbonyl (C=O) groups is 1. The molecule has 0 saturated heterocycles. The van der Waals surface area contributed by atoms with Crippen LogP contribution in [0.2, 0.25) is 0 Å². The van der Waals surface area contributed by atoms with Gasteiger partial charge in [-0.05, 0) is 62.4 Å². The van der Waals surface area contributed by atoms with Crippen LogP contribution in [-0.2, 0) is 0 Å². The van der Waals surface area contributed by atoms with E-state index in [1.165, 1.54) is 12.1 Å². The Balaban J connectivity index is 1.89. The normalized spacial score (nSPS) is 16.1. The molecule has 0 aromatic heterocycles. The van der Waals surface area contributed by atoms with Crippen molar-refractivity contribution in [2.45, 2.75) is 57.4 Å². The molecule has 0 radical (unpaired) electrons. The predicted molar refractivity (Wildman–Crippen MR) is 101 cm³/mol. The maximum atomic E-state index is 12.9. The fourth-order valence-electron chi connectivity index (χ4n) is 3.54. The highest BCUT2D eigenvalue weighted by Gasteiger charge is 2.36. The number of ether oxygens (including phenoxy) is 3. The zero-order valence-electron chi connectivity index (χ0n) is 16.1. The lowest BCUT2D eigenvalue weighted by Gasteiger charge is -2.37. The number of hydrogen-bond acceptors (Lipinski definition) is 4. The van der Waals surface area contributed by atoms with Crippen molar-refractivity contribution in [2.75, 3.05) is 0 Å². The van der Waals surface area contributed by atoms with Crippen LogP contribution in [0.1, 0.15) is 55.8 Å². The number of benzene rings is 2. The molecule has 1 aliphatic carbocycles. The molecule has 1 fully saturated rings. The van der Waals surface area contributed by atoms with Crippen LogP contribution in [0.5, 0.6) is 17.2 Å². The molecular formula is C22H23F3O4. The third kappa shape index (κ3) is 5.65. The lowest BCUT2D eigenvalue weighted by molar-refractivity contribution is -0.275. The van der Waals surface area contributed by atoms with E-state index in [4.69, 9.17) is 9.47 Å². The Morgan fingerprint density at radius 3 is 2.31 bits per heavy atom. The van der Waals surface area contributed by atoms with E-state index in [-0.39, 0.29) is 11.3 Å². The Morgan fingerprint density at radius 2 is 1.69 bits per heavy atom. The average molecular weight is 408 g/mol. The molecule has 0 N–H and O–H groups in total. The standard InChI is InChI=1S/C22H23F3O4/c1-2-21(13-7-4-8-14-21)28-19-15-16(11-12-18(19)29-22(23,24)25)20(26)27-17-9-5-3-6-10-17/h3,5-6,9-12,15H,2,4,7-8,13-14H2,1H3. The van der Waals surface area contributed by atoms with Gasteiger partial charge in [-0.1, -0.05) is 31.5 Å². The minimum absolute atomic E-state index is 0.0837. The Morgan fingerprint density at radius 1 is 1.00 bits per heavy atom. The van der Waals surface area contributed by atoms with Crippen LogP contribution in [-0.4, -0.2) is 17.9 Å². The van der Waals surface area contributed by atoms with Gasteiger partial charge < -0.3 is 14.2 Å². The quantitative estimate of drug-likeness (QED) is 0.416. The van der Waals surface area contributed by atoms with Crippen molar-refractivity contribution in [3.8, 4) is 17.2 Å². The largest absolute Gasteiger partial charge is 0.573 e. The summed E-state index contributed by atoms with van der Waals surface area (Å²) < 4.78 is 54.1. The first-order chi connectivity index (χ1) is 13.8. The zero-order chi connectivity index (χ0) is 20.9. The van der Waals surface area contributed by atoms with E-state index in [9.17, 15) is 18.0 Å². The highest BCUT2D eigenvalue weighted by Crippen LogP contribution is 2.41. The Bertz CT molecular complexity index is 828. The summed E-state index contributed by atoms with van der Waals surface area (Å²) in [5.41, 5.74) is -0.482. The van der Waals surface area contributed by atoms with Gasteiger partial charge in [-0.2, -0.15) is 0 Å². The number of esters is 1. The molecule has 2 aromatic carbocycles. The Labute approximate surface area is 167 Å². The highest BCUT2D eigenvalue weighted by molar-refractivity contribution is 5.91. The van der Waals surface area contributed by atoms with E-state index in [1.54, 1.807) is 30.3 Å². The molecule has 3 rings (SSSR count). The summed E-state index contributed by atoms with van der Waals surface area (Å²) in [5.74, 6) is -0.914. The third-order valence-corrected chi connectivity index (χ3v) is 5.09. The zero-order valence-corrected chi connectivity index (χ0v) is 16.1. The first-order valence-electron chi connectivity index (χ1n) is 9.66. The van der Waals surface area contributed by atoms with Gasteiger partial charge >= 0.3 is 12.3 Å². The van der Waals surface area contributed by atoms with Crippen molar-refractivity contribution in [2.24, 2.45) is 0 Å². The molecule has 0 heterocycles. The molecular weight excluding hydrogens is 385 g/mol. The molecule has 0 atom stereocenters. The number of alkyl halides is 3. The number of para-hydroxylation sites is 1. The van der Waals surface area contributed by atoms with E-state index in [0.717, 1.165) is 38.2 Å². The first kappa shape index (κ1) is 21.0. The highest BCUT2D eigenvalue weighted by atomic mass is 19.4. The van der Waals surface area contributed by atoms with Crippen LogP contribution in [0.3, 0.4) is 0 Å². The second-order valence-electron chi connectivity index (χ2n) is 7.11. The molecule has 0 aliphatic heterocycles. The molecule has 1 saturated carbocycles. The van der Waals surface area contributed by atoms with Gasteiger partial charge in [0.25, 0.3) is 0 Å². The van der Waals surface area contributed by atoms with Crippen molar-refractivity contribution in [1.29, 1.82) is 0 Å². The first-order valence-corrected chi connectivity index (χ1v) is 9.66. The van der Waals surface area contributed by atoms with E-state index in [1.807, 2.05) is 6.92 Å². The van der Waals surface area contributed by atoms with Gasteiger partial charge in [0.2, 0.25) is 0 Å². The van der Waals surface area contributed by atoms with Gasteiger partial charge in [0.05, 0.1) is 5.56 Å². The summed E-state index contributed by atoms with van der Waals surface area (Å²) in [6, 6.07) is 12.0. The van der Waals surface area contributed by atoms with Gasteiger partial charge in [0.15, 0.2) is 11.5 Å². The van der Waals surface area contributed by atoms with Gasteiger partial charge in [0.1, 0.15) is 11.4 Å². The maximum Gasteiger partial charge on any atom is 0.573 e. The summed E-state index contributed by atoms with van der Waals surface area (Å²) in [5, 5.41) is 0. The summed E-state index contributed by atoms with van der Waals surface area (Å²) in [6.45, 7) is 1.95. The Kier molecular flexibility index (Phi) is 6.35. The van der Waals surface area contributed by atoms with Crippen LogP contribution in [0.4, 0.5) is 13.2 Å². The van der Waals surface area contributed by atoms with Crippen molar-refractivity contribution in [3.63, 3.8) is 0 Å². The van der Waals surface area contributed by atoms with E-state index >= 15 is 0 Å². The SMILES string of the molecule is CCC1(Oc2cc(C(=O)Oc3ccccc3)ccc2OC(F)(F)F)CCCCC1. The van der Waals surface area contributed by atoms with Crippen molar-refractivity contribution in [3.05, 3.63) is 54.1 Å². The van der Waals surface area contributed by atoms with E-state index < -0.39 is 23.7 Å². The minimum Gasteiger partial charge on any atom is -0.483 e. The van der Waals surface area contributed by atoms with Crippen LogP contribution in [0.15, 0.2) is 48.5 Å². The van der Waals surface area contributed by atoms with Crippen molar-refractivity contribution >= 4 is 5.97 Å². The molecule has 156 valence electrons. The van der Waals surface area contributed by atoms with Gasteiger partial charge in [0, 0.05) is 0 Å². The Hall–Kier alpha value is -2.70. The smallest absolute Gasteiger partial charge is 0.483 e. The lowest BCUT2D eigenvalue weighted by atomic mass is 9.82. The molecule has 4 nitrogen and oxygen atoms in total. The number of hydrogen-bond donors (Lipinski definition) is 0. The van der Waals surface area contributed by atoms with Crippen LogP contribution >= 0.6 is 0 Å². The van der Waals surface area contributed by atoms with E-state index in [0.29, 0.717) is 12.2 Å². The monoisotopic (exact) mass is 408 g/mol. The molecule has 29 heavy (non-hydrogen) atoms. The maximum absolute atomic E-state index is 12.9. The summed E-state index contributed by atoms with van der Waals surface area (Å²) in [6.07, 6.45) is 0.229. The lowest BCUT2D eigenvalue weighted by Crippen LogP contribution is -2.37. The minimum atomic E-state index is -4.86. The number of halogens is 3. The molecule has 2 aromatic rings. The van der Waals surface area contributed by atoms with Crippen LogP contribution in [0, 0.1) is 0 Å². The topological polar surface area (TPSA) is 44.8 Å². The number of carbonyl (C=O) groups excluding carboxylic acids is 1. The summed E-state index contributed by atoms with van der Waals surface area (Å²) in [4.78, 5) is 12.5. The molecule has 1 aliphatic rings. The molecule has 0 unspecified atom stereocenters. The summed E-state index contributed by atoms with van der Waals surface area (Å²) in [7, 11) is 0. The fourth-order valence-corrected chi connectivity index (χ4v) is 3.54.